The number of rotatable bonds is 7. The highest BCUT2D eigenvalue weighted by Crippen LogP contribution is 2.27. The van der Waals surface area contributed by atoms with Gasteiger partial charge in [-0.25, -0.2) is 4.79 Å². The monoisotopic (exact) mass is 484 g/mol. The number of carbonyl (C=O) groups is 2. The number of pyridine rings is 1. The van der Waals surface area contributed by atoms with Gasteiger partial charge in [0, 0.05) is 41.5 Å². The summed E-state index contributed by atoms with van der Waals surface area (Å²) in [4.78, 5) is 31.7. The second-order valence-electron chi connectivity index (χ2n) is 7.93. The maximum Gasteiger partial charge on any atom is 0.319 e. The molecule has 0 radical (unpaired) electrons. The fourth-order valence-electron chi connectivity index (χ4n) is 3.91. The molecule has 2 atom stereocenters. The molecule has 1 aliphatic rings. The summed E-state index contributed by atoms with van der Waals surface area (Å²) in [5.74, 6) is 0.352. The van der Waals surface area contributed by atoms with Gasteiger partial charge in [0.1, 0.15) is 17.7 Å². The van der Waals surface area contributed by atoms with Gasteiger partial charge in [-0.15, -0.1) is 0 Å². The van der Waals surface area contributed by atoms with Gasteiger partial charge < -0.3 is 25.2 Å². The molecule has 0 saturated carbocycles. The number of hydrogen-bond donors (Lipinski definition) is 3. The maximum atomic E-state index is 12.7. The average molecular weight is 485 g/mol. The molecule has 11 heteroatoms. The normalized spacial score (nSPS) is 18.2. The number of nitrogens with one attached hydrogen (secondary N) is 3. The van der Waals surface area contributed by atoms with Crippen molar-refractivity contribution in [1.29, 1.82) is 0 Å². The summed E-state index contributed by atoms with van der Waals surface area (Å²) in [5, 5.41) is 12.8. The molecule has 1 aliphatic heterocycles. The number of likely N-dealkylation sites (tertiary alicyclic amines) is 1. The number of carbonyl (C=O) groups excluding carboxylic acids is 2. The molecule has 3 aromatic rings. The molecule has 1 saturated heterocycles. The van der Waals surface area contributed by atoms with Crippen molar-refractivity contribution in [2.75, 3.05) is 37.4 Å². The van der Waals surface area contributed by atoms with Crippen LogP contribution < -0.4 is 20.7 Å². The minimum atomic E-state index is -0.315. The van der Waals surface area contributed by atoms with Crippen LogP contribution in [0, 0.1) is 0 Å². The number of halogens is 1. The lowest BCUT2D eigenvalue weighted by Crippen LogP contribution is -2.52. The molecule has 0 spiro atoms. The molecule has 10 nitrogen and oxygen atoms in total. The van der Waals surface area contributed by atoms with Crippen molar-refractivity contribution < 1.29 is 18.8 Å². The van der Waals surface area contributed by atoms with E-state index in [1.54, 1.807) is 37.6 Å². The number of amides is 3. The Balaban J connectivity index is 1.43. The van der Waals surface area contributed by atoms with Gasteiger partial charge in [0.15, 0.2) is 0 Å². The third-order valence-electron chi connectivity index (χ3n) is 5.57. The van der Waals surface area contributed by atoms with Crippen LogP contribution in [0.1, 0.15) is 18.0 Å². The first-order valence-electron chi connectivity index (χ1n) is 10.7. The molecule has 3 N–H and O–H groups in total. The van der Waals surface area contributed by atoms with E-state index in [-0.39, 0.29) is 30.4 Å². The molecule has 0 aliphatic carbocycles. The van der Waals surface area contributed by atoms with Crippen molar-refractivity contribution in [3.8, 4) is 5.75 Å². The van der Waals surface area contributed by atoms with Gasteiger partial charge in [-0.05, 0) is 42.8 Å². The van der Waals surface area contributed by atoms with Crippen LogP contribution in [0.15, 0.2) is 59.6 Å². The lowest BCUT2D eigenvalue weighted by molar-refractivity contribution is -0.117. The number of urea groups is 1. The zero-order chi connectivity index (χ0) is 23.9. The van der Waals surface area contributed by atoms with Gasteiger partial charge in [0.2, 0.25) is 5.91 Å². The highest BCUT2D eigenvalue weighted by Gasteiger charge is 2.33. The molecule has 4 rings (SSSR count). The van der Waals surface area contributed by atoms with Crippen molar-refractivity contribution in [1.82, 2.24) is 20.4 Å². The number of hydrogen-bond acceptors (Lipinski definition) is 7. The van der Waals surface area contributed by atoms with E-state index in [0.717, 1.165) is 5.69 Å². The van der Waals surface area contributed by atoms with Gasteiger partial charge in [-0.1, -0.05) is 16.8 Å². The zero-order valence-corrected chi connectivity index (χ0v) is 19.3. The van der Waals surface area contributed by atoms with E-state index in [9.17, 15) is 9.59 Å². The number of aromatic nitrogens is 2. The van der Waals surface area contributed by atoms with Crippen molar-refractivity contribution >= 4 is 34.9 Å². The van der Waals surface area contributed by atoms with Gasteiger partial charge >= 0.3 is 6.03 Å². The molecule has 3 amide bonds. The predicted octanol–water partition coefficient (Wildman–Crippen LogP) is 3.35. The Bertz CT molecular complexity index is 1090. The van der Waals surface area contributed by atoms with E-state index >= 15 is 0 Å². The maximum absolute atomic E-state index is 12.7. The fourth-order valence-corrected chi connectivity index (χ4v) is 4.03. The average Bonchev–Trinajstić information content (AvgIpc) is 3.34. The van der Waals surface area contributed by atoms with Crippen LogP contribution >= 0.6 is 11.6 Å². The summed E-state index contributed by atoms with van der Waals surface area (Å²) >= 11 is 5.92. The third-order valence-corrected chi connectivity index (χ3v) is 5.83. The largest absolute Gasteiger partial charge is 0.495 e. The molecule has 0 unspecified atom stereocenters. The molecule has 34 heavy (non-hydrogen) atoms. The van der Waals surface area contributed by atoms with E-state index in [1.165, 1.54) is 12.5 Å². The number of ether oxygens (including phenoxy) is 1. The van der Waals surface area contributed by atoms with E-state index in [1.807, 2.05) is 17.0 Å². The van der Waals surface area contributed by atoms with Crippen molar-refractivity contribution in [2.24, 2.45) is 0 Å². The van der Waals surface area contributed by atoms with Crippen LogP contribution in [-0.4, -0.2) is 59.8 Å². The van der Waals surface area contributed by atoms with E-state index < -0.39 is 0 Å². The van der Waals surface area contributed by atoms with Gasteiger partial charge in [-0.3, -0.25) is 14.7 Å². The van der Waals surface area contributed by atoms with Crippen molar-refractivity contribution in [3.63, 3.8) is 0 Å². The molecule has 0 bridgehead atoms. The SMILES string of the molecule is COc1ccc([C@@H]2CN(CC(=O)Nc3cnoc3)CC[C@H]2NC(=O)Nc2ccc(Cl)cc2)nc1. The Labute approximate surface area is 201 Å². The smallest absolute Gasteiger partial charge is 0.319 e. The van der Waals surface area contributed by atoms with Crippen molar-refractivity contribution in [3.05, 3.63) is 65.8 Å². The minimum Gasteiger partial charge on any atom is -0.495 e. The second kappa shape index (κ2) is 11.0. The Morgan fingerprint density at radius 1 is 1.15 bits per heavy atom. The highest BCUT2D eigenvalue weighted by atomic mass is 35.5. The van der Waals surface area contributed by atoms with E-state index in [2.05, 4.69) is 26.1 Å². The van der Waals surface area contributed by atoms with Crippen LogP contribution in [-0.2, 0) is 4.79 Å². The summed E-state index contributed by atoms with van der Waals surface area (Å²) in [5.41, 5.74) is 1.96. The summed E-state index contributed by atoms with van der Waals surface area (Å²) in [6.45, 7) is 1.37. The third kappa shape index (κ3) is 6.24. The van der Waals surface area contributed by atoms with Crippen LogP contribution in [0.25, 0.3) is 0 Å². The number of nitrogens with zero attached hydrogens (tertiary/aromatic N) is 3. The van der Waals surface area contributed by atoms with Gasteiger partial charge in [0.25, 0.3) is 0 Å². The molecule has 2 aromatic heterocycles. The number of piperidine rings is 1. The number of benzene rings is 1. The van der Waals surface area contributed by atoms with Gasteiger partial charge in [-0.2, -0.15) is 0 Å². The molecule has 1 fully saturated rings. The molecule has 3 heterocycles. The number of anilines is 2. The first kappa shape index (κ1) is 23.5. The van der Waals surface area contributed by atoms with Crippen molar-refractivity contribution in [2.45, 2.75) is 18.4 Å². The topological polar surface area (TPSA) is 122 Å². The molecular formula is C23H25ClN6O4. The Morgan fingerprint density at radius 2 is 1.97 bits per heavy atom. The van der Waals surface area contributed by atoms with Crippen LogP contribution in [0.2, 0.25) is 5.02 Å². The lowest BCUT2D eigenvalue weighted by Gasteiger charge is -2.38. The summed E-state index contributed by atoms with van der Waals surface area (Å²) in [6.07, 6.45) is 5.11. The molecule has 178 valence electrons. The van der Waals surface area contributed by atoms with E-state index in [4.69, 9.17) is 20.9 Å². The van der Waals surface area contributed by atoms with Crippen LogP contribution in [0.4, 0.5) is 16.2 Å². The first-order valence-corrected chi connectivity index (χ1v) is 11.1. The Kier molecular flexibility index (Phi) is 7.61. The summed E-state index contributed by atoms with van der Waals surface area (Å²) < 4.78 is 9.97. The highest BCUT2D eigenvalue weighted by molar-refractivity contribution is 6.30. The van der Waals surface area contributed by atoms with E-state index in [0.29, 0.717) is 41.7 Å². The molecular weight excluding hydrogens is 460 g/mol. The zero-order valence-electron chi connectivity index (χ0n) is 18.5. The quantitative estimate of drug-likeness (QED) is 0.470. The summed E-state index contributed by atoms with van der Waals surface area (Å²) in [7, 11) is 1.58. The Hall–Kier alpha value is -3.63. The van der Waals surface area contributed by atoms with Crippen LogP contribution in [0.5, 0.6) is 5.75 Å². The number of methoxy groups -OCH3 is 1. The fraction of sp³-hybridized carbons (Fsp3) is 0.304. The predicted molar refractivity (Wildman–Crippen MR) is 127 cm³/mol. The Morgan fingerprint density at radius 3 is 2.65 bits per heavy atom. The standard InChI is InChI=1S/C23H25ClN6O4/c1-33-18-6-7-20(25-11-18)19-12-30(13-22(31)27-17-10-26-34-14-17)9-8-21(19)29-23(32)28-16-4-2-15(24)3-5-16/h2-7,10-11,14,19,21H,8-9,12-13H2,1H3,(H,27,31)(H2,28,29,32)/t19-,21+/m0/s1. The first-order chi connectivity index (χ1) is 16.5. The summed E-state index contributed by atoms with van der Waals surface area (Å²) in [6, 6.07) is 10.1. The lowest BCUT2D eigenvalue weighted by atomic mass is 9.88. The molecule has 1 aromatic carbocycles. The minimum absolute atomic E-state index is 0.126. The second-order valence-corrected chi connectivity index (χ2v) is 8.36. The van der Waals surface area contributed by atoms with Gasteiger partial charge in [0.05, 0.1) is 26.0 Å². The van der Waals surface area contributed by atoms with Crippen LogP contribution in [0.3, 0.4) is 0 Å².